The summed E-state index contributed by atoms with van der Waals surface area (Å²) in [5, 5.41) is 3.32. The van der Waals surface area contributed by atoms with Crippen LogP contribution >= 0.6 is 0 Å². The first kappa shape index (κ1) is 15.8. The quantitative estimate of drug-likeness (QED) is 0.871. The third-order valence-electron chi connectivity index (χ3n) is 4.14. The summed E-state index contributed by atoms with van der Waals surface area (Å²) in [5.74, 6) is 0.806. The molecule has 0 spiro atoms. The lowest BCUT2D eigenvalue weighted by molar-refractivity contribution is 0.0827. The van der Waals surface area contributed by atoms with Crippen molar-refractivity contribution >= 4 is 11.7 Å². The molecule has 0 atom stereocenters. The largest absolute Gasteiger partial charge is 0.369 e. The molecule has 1 aromatic rings. The van der Waals surface area contributed by atoms with Gasteiger partial charge in [-0.05, 0) is 32.0 Å². The number of likely N-dealkylation sites (N-methyl/N-ethyl adjacent to an activating group) is 1. The normalized spacial score (nSPS) is 15.4. The maximum Gasteiger partial charge on any atom is 0.254 e. The number of nitrogens with zero attached hydrogens (tertiary/aromatic N) is 3. The Balaban J connectivity index is 1.77. The number of amides is 1. The van der Waals surface area contributed by atoms with Crippen molar-refractivity contribution in [2.24, 2.45) is 0 Å². The molecule has 21 heavy (non-hydrogen) atoms. The minimum absolute atomic E-state index is 0.0185. The molecule has 2 rings (SSSR count). The van der Waals surface area contributed by atoms with Crippen molar-refractivity contribution in [3.8, 4) is 0 Å². The summed E-state index contributed by atoms with van der Waals surface area (Å²) in [5.41, 5.74) is 0.619. The Morgan fingerprint density at radius 1 is 1.29 bits per heavy atom. The summed E-state index contributed by atoms with van der Waals surface area (Å²) in [6, 6.07) is 4.44. The second-order valence-electron chi connectivity index (χ2n) is 5.98. The van der Waals surface area contributed by atoms with Gasteiger partial charge in [0.15, 0.2) is 0 Å². The SMILES string of the molecule is CN(C)C(=O)c1ccc(NCCN(C)C2CCCC2)nc1. The maximum absolute atomic E-state index is 11.8. The number of rotatable bonds is 6. The highest BCUT2D eigenvalue weighted by Crippen LogP contribution is 2.21. The van der Waals surface area contributed by atoms with E-state index in [0.29, 0.717) is 5.56 Å². The summed E-state index contributed by atoms with van der Waals surface area (Å²) < 4.78 is 0. The third-order valence-corrected chi connectivity index (χ3v) is 4.14. The second-order valence-corrected chi connectivity index (χ2v) is 5.98. The number of hydrogen-bond acceptors (Lipinski definition) is 4. The van der Waals surface area contributed by atoms with Crippen molar-refractivity contribution in [1.82, 2.24) is 14.8 Å². The standard InChI is InChI=1S/C16H26N4O/c1-19(2)16(21)13-8-9-15(18-12-13)17-10-11-20(3)14-6-4-5-7-14/h8-9,12,14H,4-7,10-11H2,1-3H3,(H,17,18). The Hall–Kier alpha value is -1.62. The van der Waals surface area contributed by atoms with Gasteiger partial charge in [0.1, 0.15) is 5.82 Å². The molecule has 1 N–H and O–H groups in total. The monoisotopic (exact) mass is 290 g/mol. The summed E-state index contributed by atoms with van der Waals surface area (Å²) in [6.07, 6.45) is 7.02. The van der Waals surface area contributed by atoms with E-state index in [1.54, 1.807) is 25.2 Å². The highest BCUT2D eigenvalue weighted by Gasteiger charge is 2.18. The van der Waals surface area contributed by atoms with Crippen LogP contribution in [0.1, 0.15) is 36.0 Å². The molecule has 0 unspecified atom stereocenters. The summed E-state index contributed by atoms with van der Waals surface area (Å²) in [7, 11) is 5.69. The Morgan fingerprint density at radius 3 is 2.57 bits per heavy atom. The van der Waals surface area contributed by atoms with Crippen molar-refractivity contribution in [3.63, 3.8) is 0 Å². The van der Waals surface area contributed by atoms with Gasteiger partial charge < -0.3 is 15.1 Å². The van der Waals surface area contributed by atoms with Crippen LogP contribution < -0.4 is 5.32 Å². The van der Waals surface area contributed by atoms with Gasteiger partial charge in [-0.3, -0.25) is 4.79 Å². The van der Waals surface area contributed by atoms with Crippen LogP contribution in [-0.4, -0.2) is 61.0 Å². The van der Waals surface area contributed by atoms with Crippen LogP contribution in [0.2, 0.25) is 0 Å². The highest BCUT2D eigenvalue weighted by molar-refractivity contribution is 5.93. The smallest absolute Gasteiger partial charge is 0.254 e. The van der Waals surface area contributed by atoms with Gasteiger partial charge in [-0.15, -0.1) is 0 Å². The zero-order chi connectivity index (χ0) is 15.2. The molecule has 0 saturated heterocycles. The molecule has 1 aliphatic carbocycles. The van der Waals surface area contributed by atoms with E-state index in [-0.39, 0.29) is 5.91 Å². The zero-order valence-electron chi connectivity index (χ0n) is 13.3. The van der Waals surface area contributed by atoms with Gasteiger partial charge in [0.25, 0.3) is 5.91 Å². The average molecular weight is 290 g/mol. The molecule has 0 radical (unpaired) electrons. The van der Waals surface area contributed by atoms with E-state index < -0.39 is 0 Å². The molecule has 1 aromatic heterocycles. The first-order chi connectivity index (χ1) is 10.1. The van der Waals surface area contributed by atoms with E-state index in [2.05, 4.69) is 22.2 Å². The number of hydrogen-bond donors (Lipinski definition) is 1. The number of pyridine rings is 1. The average Bonchev–Trinajstić information content (AvgIpc) is 3.01. The fraction of sp³-hybridized carbons (Fsp3) is 0.625. The third kappa shape index (κ3) is 4.43. The zero-order valence-corrected chi connectivity index (χ0v) is 13.3. The summed E-state index contributed by atoms with van der Waals surface area (Å²) in [6.45, 7) is 1.89. The van der Waals surface area contributed by atoms with E-state index in [1.807, 2.05) is 12.1 Å². The van der Waals surface area contributed by atoms with Gasteiger partial charge in [-0.1, -0.05) is 12.8 Å². The van der Waals surface area contributed by atoms with Gasteiger partial charge >= 0.3 is 0 Å². The Labute approximate surface area is 127 Å². The lowest BCUT2D eigenvalue weighted by Gasteiger charge is -2.24. The van der Waals surface area contributed by atoms with Gasteiger partial charge in [0, 0.05) is 39.4 Å². The van der Waals surface area contributed by atoms with Crippen LogP contribution in [0.15, 0.2) is 18.3 Å². The Morgan fingerprint density at radius 2 is 2.00 bits per heavy atom. The number of carbonyl (C=O) groups excluding carboxylic acids is 1. The van der Waals surface area contributed by atoms with Crippen molar-refractivity contribution in [3.05, 3.63) is 23.9 Å². The van der Waals surface area contributed by atoms with Crippen LogP contribution in [-0.2, 0) is 0 Å². The van der Waals surface area contributed by atoms with Crippen molar-refractivity contribution in [2.75, 3.05) is 39.5 Å². The lowest BCUT2D eigenvalue weighted by Crippen LogP contribution is -2.33. The molecule has 0 aromatic carbocycles. The predicted octanol–water partition coefficient (Wildman–Crippen LogP) is 2.07. The summed E-state index contributed by atoms with van der Waals surface area (Å²) >= 11 is 0. The first-order valence-corrected chi connectivity index (χ1v) is 7.70. The van der Waals surface area contributed by atoms with Crippen LogP contribution in [0.3, 0.4) is 0 Å². The van der Waals surface area contributed by atoms with Crippen LogP contribution in [0, 0.1) is 0 Å². The van der Waals surface area contributed by atoms with Gasteiger partial charge in [-0.25, -0.2) is 4.98 Å². The molecule has 5 nitrogen and oxygen atoms in total. The van der Waals surface area contributed by atoms with Gasteiger partial charge in [0.05, 0.1) is 5.56 Å². The van der Waals surface area contributed by atoms with E-state index >= 15 is 0 Å². The molecule has 1 fully saturated rings. The van der Waals surface area contributed by atoms with Crippen LogP contribution in [0.25, 0.3) is 0 Å². The van der Waals surface area contributed by atoms with Gasteiger partial charge in [-0.2, -0.15) is 0 Å². The minimum atomic E-state index is -0.0185. The Kier molecular flexibility index (Phi) is 5.56. The number of aromatic nitrogens is 1. The molecular weight excluding hydrogens is 264 g/mol. The van der Waals surface area contributed by atoms with E-state index in [4.69, 9.17) is 0 Å². The van der Waals surface area contributed by atoms with Crippen LogP contribution in [0.5, 0.6) is 0 Å². The molecule has 1 amide bonds. The second kappa shape index (κ2) is 7.41. The topological polar surface area (TPSA) is 48.5 Å². The molecule has 1 saturated carbocycles. The summed E-state index contributed by atoms with van der Waals surface area (Å²) in [4.78, 5) is 20.1. The van der Waals surface area contributed by atoms with E-state index in [1.165, 1.54) is 25.7 Å². The fourth-order valence-electron chi connectivity index (χ4n) is 2.77. The maximum atomic E-state index is 11.8. The molecular formula is C16H26N4O. The van der Waals surface area contributed by atoms with Crippen molar-refractivity contribution in [1.29, 1.82) is 0 Å². The number of carbonyl (C=O) groups is 1. The number of anilines is 1. The van der Waals surface area contributed by atoms with E-state index in [9.17, 15) is 4.79 Å². The van der Waals surface area contributed by atoms with E-state index in [0.717, 1.165) is 24.9 Å². The van der Waals surface area contributed by atoms with Gasteiger partial charge in [0.2, 0.25) is 0 Å². The number of nitrogens with one attached hydrogen (secondary N) is 1. The predicted molar refractivity (Wildman–Crippen MR) is 85.6 cm³/mol. The van der Waals surface area contributed by atoms with Crippen molar-refractivity contribution in [2.45, 2.75) is 31.7 Å². The fourth-order valence-corrected chi connectivity index (χ4v) is 2.77. The molecule has 5 heteroatoms. The van der Waals surface area contributed by atoms with Crippen molar-refractivity contribution < 1.29 is 4.79 Å². The highest BCUT2D eigenvalue weighted by atomic mass is 16.2. The minimum Gasteiger partial charge on any atom is -0.369 e. The lowest BCUT2D eigenvalue weighted by atomic mass is 10.2. The molecule has 0 aliphatic heterocycles. The molecule has 0 bridgehead atoms. The Bertz CT molecular complexity index is 452. The van der Waals surface area contributed by atoms with Crippen LogP contribution in [0.4, 0.5) is 5.82 Å². The molecule has 1 heterocycles. The molecule has 1 aliphatic rings. The first-order valence-electron chi connectivity index (χ1n) is 7.70. The molecule has 116 valence electrons.